The van der Waals surface area contributed by atoms with Gasteiger partial charge >= 0.3 is 12.0 Å². The third-order valence-electron chi connectivity index (χ3n) is 2.04. The molecule has 0 aromatic carbocycles. The summed E-state index contributed by atoms with van der Waals surface area (Å²) in [7, 11) is 3.23. The Balaban J connectivity index is 2.41. The van der Waals surface area contributed by atoms with Crippen molar-refractivity contribution in [1.82, 2.24) is 19.8 Å². The van der Waals surface area contributed by atoms with Crippen molar-refractivity contribution in [2.75, 3.05) is 13.6 Å². The number of nitrogens with zero attached hydrogens (tertiary/aromatic N) is 3. The van der Waals surface area contributed by atoms with Gasteiger partial charge in [0.15, 0.2) is 0 Å². The van der Waals surface area contributed by atoms with Gasteiger partial charge in [-0.15, -0.1) is 0 Å². The topological polar surface area (TPSA) is 87.5 Å². The summed E-state index contributed by atoms with van der Waals surface area (Å²) in [5.41, 5.74) is 0. The van der Waals surface area contributed by atoms with Crippen LogP contribution < -0.4 is 5.32 Å². The zero-order valence-corrected chi connectivity index (χ0v) is 9.17. The fraction of sp³-hybridized carbons (Fsp3) is 0.444. The van der Waals surface area contributed by atoms with Crippen LogP contribution in [0.4, 0.5) is 4.79 Å². The highest BCUT2D eigenvalue weighted by atomic mass is 16.4. The van der Waals surface area contributed by atoms with Crippen molar-refractivity contribution in [1.29, 1.82) is 0 Å². The predicted octanol–water partition coefficient (Wildman–Crippen LogP) is -0.354. The highest BCUT2D eigenvalue weighted by Crippen LogP contribution is 1.94. The molecule has 0 saturated carbocycles. The molecule has 2 amide bonds. The molecular weight excluding hydrogens is 212 g/mol. The number of aliphatic carboxylic acids is 1. The maximum Gasteiger partial charge on any atom is 0.323 e. The second kappa shape index (κ2) is 5.15. The van der Waals surface area contributed by atoms with Gasteiger partial charge in [-0.2, -0.15) is 0 Å². The van der Waals surface area contributed by atoms with Crippen molar-refractivity contribution in [2.45, 2.75) is 6.54 Å². The largest absolute Gasteiger partial charge is 0.480 e. The van der Waals surface area contributed by atoms with Gasteiger partial charge in [-0.05, 0) is 0 Å². The summed E-state index contributed by atoms with van der Waals surface area (Å²) in [6.07, 6.45) is 3.39. The number of likely N-dealkylation sites (N-methyl/N-ethyl adjacent to an activating group) is 1. The standard InChI is InChI=1S/C9H14N4O3/c1-12-4-3-10-7(12)5-11-9(16)13(2)6-8(14)15/h3-4H,5-6H2,1-2H3,(H,11,16)(H,14,15). The number of amides is 2. The number of nitrogens with one attached hydrogen (secondary N) is 1. The van der Waals surface area contributed by atoms with Gasteiger partial charge in [-0.1, -0.05) is 0 Å². The molecule has 7 heteroatoms. The van der Waals surface area contributed by atoms with Crippen LogP contribution in [-0.2, 0) is 18.4 Å². The van der Waals surface area contributed by atoms with Crippen molar-refractivity contribution in [2.24, 2.45) is 7.05 Å². The molecule has 7 nitrogen and oxygen atoms in total. The molecule has 0 saturated heterocycles. The Hall–Kier alpha value is -2.05. The first-order valence-electron chi connectivity index (χ1n) is 4.67. The molecule has 0 unspecified atom stereocenters. The molecule has 2 N–H and O–H groups in total. The predicted molar refractivity (Wildman–Crippen MR) is 55.7 cm³/mol. The molecule has 0 bridgehead atoms. The fourth-order valence-electron chi connectivity index (χ4n) is 1.13. The van der Waals surface area contributed by atoms with E-state index in [9.17, 15) is 9.59 Å². The first-order valence-corrected chi connectivity index (χ1v) is 4.67. The van der Waals surface area contributed by atoms with Crippen molar-refractivity contribution >= 4 is 12.0 Å². The maximum atomic E-state index is 11.4. The Kier molecular flexibility index (Phi) is 3.87. The molecule has 0 aliphatic heterocycles. The van der Waals surface area contributed by atoms with Gasteiger partial charge in [0, 0.05) is 26.5 Å². The molecule has 88 valence electrons. The van der Waals surface area contributed by atoms with E-state index in [1.54, 1.807) is 17.0 Å². The number of carboxylic acids is 1. The smallest absolute Gasteiger partial charge is 0.323 e. The molecule has 0 radical (unpaired) electrons. The van der Waals surface area contributed by atoms with Gasteiger partial charge in [0.2, 0.25) is 0 Å². The number of carbonyl (C=O) groups excluding carboxylic acids is 1. The second-order valence-electron chi connectivity index (χ2n) is 3.36. The number of hydrogen-bond donors (Lipinski definition) is 2. The molecule has 0 aliphatic carbocycles. The molecule has 0 atom stereocenters. The lowest BCUT2D eigenvalue weighted by Crippen LogP contribution is -2.40. The molecule has 1 aromatic rings. The summed E-state index contributed by atoms with van der Waals surface area (Å²) in [6.45, 7) is -0.0569. The Bertz CT molecular complexity index is 388. The van der Waals surface area contributed by atoms with Crippen LogP contribution in [0.1, 0.15) is 5.82 Å². The van der Waals surface area contributed by atoms with Crippen LogP contribution in [0.25, 0.3) is 0 Å². The first kappa shape index (κ1) is 12.0. The quantitative estimate of drug-likeness (QED) is 0.734. The number of urea groups is 1. The van der Waals surface area contributed by atoms with Gasteiger partial charge in [-0.3, -0.25) is 4.79 Å². The summed E-state index contributed by atoms with van der Waals surface area (Å²) in [4.78, 5) is 26.9. The van der Waals surface area contributed by atoms with E-state index in [1.807, 2.05) is 7.05 Å². The van der Waals surface area contributed by atoms with Gasteiger partial charge < -0.3 is 19.9 Å². The van der Waals surface area contributed by atoms with Gasteiger partial charge in [0.25, 0.3) is 0 Å². The minimum atomic E-state index is -1.05. The van der Waals surface area contributed by atoms with E-state index in [2.05, 4.69) is 10.3 Å². The van der Waals surface area contributed by atoms with Crippen molar-refractivity contribution < 1.29 is 14.7 Å². The third-order valence-corrected chi connectivity index (χ3v) is 2.04. The van der Waals surface area contributed by atoms with E-state index < -0.39 is 12.0 Å². The van der Waals surface area contributed by atoms with Crippen LogP contribution >= 0.6 is 0 Å². The minimum absolute atomic E-state index is 0.270. The monoisotopic (exact) mass is 226 g/mol. The number of hydrogen-bond acceptors (Lipinski definition) is 3. The number of aromatic nitrogens is 2. The van der Waals surface area contributed by atoms with Crippen LogP contribution in [-0.4, -0.2) is 45.2 Å². The Morgan fingerprint density at radius 1 is 1.62 bits per heavy atom. The highest BCUT2D eigenvalue weighted by molar-refractivity contribution is 5.79. The average Bonchev–Trinajstić information content (AvgIpc) is 2.59. The Labute approximate surface area is 92.7 Å². The van der Waals surface area contributed by atoms with E-state index in [0.29, 0.717) is 5.82 Å². The van der Waals surface area contributed by atoms with Crippen LogP contribution in [0.5, 0.6) is 0 Å². The zero-order valence-electron chi connectivity index (χ0n) is 9.17. The number of imidazole rings is 1. The van der Waals surface area contributed by atoms with Crippen molar-refractivity contribution in [3.05, 3.63) is 18.2 Å². The summed E-state index contributed by atoms with van der Waals surface area (Å²) < 4.78 is 1.78. The van der Waals surface area contributed by atoms with Crippen molar-refractivity contribution in [3.8, 4) is 0 Å². The van der Waals surface area contributed by atoms with Crippen molar-refractivity contribution in [3.63, 3.8) is 0 Å². The second-order valence-corrected chi connectivity index (χ2v) is 3.36. The molecule has 0 aliphatic rings. The Morgan fingerprint density at radius 3 is 2.81 bits per heavy atom. The lowest BCUT2D eigenvalue weighted by Gasteiger charge is -2.15. The summed E-state index contributed by atoms with van der Waals surface area (Å²) in [5.74, 6) is -0.341. The van der Waals surface area contributed by atoms with E-state index in [-0.39, 0.29) is 13.1 Å². The maximum absolute atomic E-state index is 11.4. The normalized spacial score (nSPS) is 9.88. The molecule has 1 heterocycles. The molecule has 1 aromatic heterocycles. The van der Waals surface area contributed by atoms with E-state index in [1.165, 1.54) is 7.05 Å². The lowest BCUT2D eigenvalue weighted by atomic mass is 10.5. The van der Waals surface area contributed by atoms with E-state index in [0.717, 1.165) is 4.90 Å². The van der Waals surface area contributed by atoms with Crippen LogP contribution in [0.3, 0.4) is 0 Å². The summed E-state index contributed by atoms with van der Waals surface area (Å²) in [5, 5.41) is 11.1. The molecule has 1 rings (SSSR count). The van der Waals surface area contributed by atoms with Crippen LogP contribution in [0, 0.1) is 0 Å². The highest BCUT2D eigenvalue weighted by Gasteiger charge is 2.11. The summed E-state index contributed by atoms with van der Waals surface area (Å²) >= 11 is 0. The number of carbonyl (C=O) groups is 2. The SMILES string of the molecule is CN(CC(=O)O)C(=O)NCc1nccn1C. The number of carboxylic acid groups (broad SMARTS) is 1. The zero-order chi connectivity index (χ0) is 12.1. The molecule has 0 spiro atoms. The number of rotatable bonds is 4. The van der Waals surface area contributed by atoms with E-state index in [4.69, 9.17) is 5.11 Å². The molecule has 16 heavy (non-hydrogen) atoms. The third kappa shape index (κ3) is 3.26. The lowest BCUT2D eigenvalue weighted by molar-refractivity contribution is -0.137. The van der Waals surface area contributed by atoms with Gasteiger partial charge in [0.1, 0.15) is 12.4 Å². The van der Waals surface area contributed by atoms with Gasteiger partial charge in [-0.25, -0.2) is 9.78 Å². The number of aryl methyl sites for hydroxylation is 1. The average molecular weight is 226 g/mol. The van der Waals surface area contributed by atoms with Crippen LogP contribution in [0.2, 0.25) is 0 Å². The fourth-order valence-corrected chi connectivity index (χ4v) is 1.13. The van der Waals surface area contributed by atoms with Crippen LogP contribution in [0.15, 0.2) is 12.4 Å². The van der Waals surface area contributed by atoms with Gasteiger partial charge in [0.05, 0.1) is 6.54 Å². The first-order chi connectivity index (χ1) is 7.50. The minimum Gasteiger partial charge on any atom is -0.480 e. The molecular formula is C9H14N4O3. The van der Waals surface area contributed by atoms with E-state index >= 15 is 0 Å². The summed E-state index contributed by atoms with van der Waals surface area (Å²) in [6, 6.07) is -0.439. The Morgan fingerprint density at radius 2 is 2.31 bits per heavy atom. The molecule has 0 fully saturated rings.